The van der Waals surface area contributed by atoms with Crippen molar-refractivity contribution in [2.45, 2.75) is 24.2 Å². The third-order valence-electron chi connectivity index (χ3n) is 2.84. The first-order valence-electron chi connectivity index (χ1n) is 6.13. The molecule has 2 rings (SSSR count). The zero-order chi connectivity index (χ0) is 14.8. The summed E-state index contributed by atoms with van der Waals surface area (Å²) < 4.78 is 29.0. The summed E-state index contributed by atoms with van der Waals surface area (Å²) in [6, 6.07) is 1.69. The van der Waals surface area contributed by atoms with E-state index in [1.165, 1.54) is 11.3 Å². The molecule has 0 radical (unpaired) electrons. The van der Waals surface area contributed by atoms with Gasteiger partial charge in [-0.2, -0.15) is 5.10 Å². The van der Waals surface area contributed by atoms with Gasteiger partial charge >= 0.3 is 0 Å². The number of hydrogen-bond acceptors (Lipinski definition) is 5. The maximum Gasteiger partial charge on any atom is 0.250 e. The number of thiophene rings is 1. The number of nitrogens with one attached hydrogen (secondary N) is 2. The monoisotopic (exact) mass is 314 g/mol. The van der Waals surface area contributed by atoms with Crippen LogP contribution >= 0.6 is 11.3 Å². The maximum absolute atomic E-state index is 12.2. The number of aromatic nitrogens is 2. The topological polar surface area (TPSA) is 76.0 Å². The number of sulfonamides is 1. The molecular formula is C12H18N4O2S2. The molecule has 2 aromatic heterocycles. The number of hydrogen-bond donors (Lipinski definition) is 2. The minimum atomic E-state index is -3.46. The maximum atomic E-state index is 12.2. The highest BCUT2D eigenvalue weighted by Crippen LogP contribution is 2.20. The Morgan fingerprint density at radius 3 is 2.75 bits per heavy atom. The van der Waals surface area contributed by atoms with Crippen LogP contribution in [0.3, 0.4) is 0 Å². The first-order chi connectivity index (χ1) is 9.42. The van der Waals surface area contributed by atoms with Crippen LogP contribution in [0.2, 0.25) is 0 Å². The van der Waals surface area contributed by atoms with Gasteiger partial charge in [0.1, 0.15) is 4.21 Å². The van der Waals surface area contributed by atoms with Gasteiger partial charge in [-0.25, -0.2) is 13.1 Å². The van der Waals surface area contributed by atoms with Crippen LogP contribution in [0, 0.1) is 6.92 Å². The zero-order valence-electron chi connectivity index (χ0n) is 11.7. The average Bonchev–Trinajstić information content (AvgIpc) is 2.95. The van der Waals surface area contributed by atoms with E-state index >= 15 is 0 Å². The third-order valence-corrected chi connectivity index (χ3v) is 5.73. The summed E-state index contributed by atoms with van der Waals surface area (Å²) in [4.78, 5) is 0. The Hall–Kier alpha value is -1.22. The molecule has 20 heavy (non-hydrogen) atoms. The van der Waals surface area contributed by atoms with E-state index < -0.39 is 10.0 Å². The molecule has 0 aliphatic carbocycles. The molecule has 0 aliphatic rings. The summed E-state index contributed by atoms with van der Waals surface area (Å²) in [5.74, 6) is 0. The van der Waals surface area contributed by atoms with Gasteiger partial charge in [-0.15, -0.1) is 11.3 Å². The molecule has 0 amide bonds. The lowest BCUT2D eigenvalue weighted by Gasteiger charge is -2.03. The van der Waals surface area contributed by atoms with Crippen molar-refractivity contribution in [3.63, 3.8) is 0 Å². The molecule has 110 valence electrons. The minimum Gasteiger partial charge on any atom is -0.316 e. The second-order valence-electron chi connectivity index (χ2n) is 4.54. The molecule has 2 N–H and O–H groups in total. The van der Waals surface area contributed by atoms with E-state index in [4.69, 9.17) is 0 Å². The number of aryl methyl sites for hydroxylation is 2. The Balaban J connectivity index is 2.08. The van der Waals surface area contributed by atoms with Gasteiger partial charge in [0.15, 0.2) is 0 Å². The van der Waals surface area contributed by atoms with E-state index in [0.29, 0.717) is 10.8 Å². The van der Waals surface area contributed by atoms with Crippen LogP contribution in [0.5, 0.6) is 0 Å². The van der Waals surface area contributed by atoms with E-state index in [9.17, 15) is 8.42 Å². The SMILES string of the molecule is CNCc1csc(S(=O)(=O)NCc2cn(C)nc2C)c1. The van der Waals surface area contributed by atoms with Gasteiger partial charge in [-0.1, -0.05) is 0 Å². The molecule has 0 unspecified atom stereocenters. The molecule has 8 heteroatoms. The second-order valence-corrected chi connectivity index (χ2v) is 7.45. The molecular weight excluding hydrogens is 296 g/mol. The van der Waals surface area contributed by atoms with Gasteiger partial charge in [0.2, 0.25) is 10.0 Å². The van der Waals surface area contributed by atoms with Crippen LogP contribution in [0.1, 0.15) is 16.8 Å². The quantitative estimate of drug-likeness (QED) is 0.833. The van der Waals surface area contributed by atoms with Crippen molar-refractivity contribution in [3.05, 3.63) is 34.5 Å². The molecule has 6 nitrogen and oxygen atoms in total. The van der Waals surface area contributed by atoms with Crippen molar-refractivity contribution in [3.8, 4) is 0 Å². The molecule has 0 bridgehead atoms. The van der Waals surface area contributed by atoms with Gasteiger partial charge in [0.25, 0.3) is 0 Å². The second kappa shape index (κ2) is 6.04. The van der Waals surface area contributed by atoms with Crippen molar-refractivity contribution in [1.29, 1.82) is 0 Å². The highest BCUT2D eigenvalue weighted by atomic mass is 32.2. The Labute approximate surface area is 122 Å². The Morgan fingerprint density at radius 2 is 2.15 bits per heavy atom. The standard InChI is InChI=1S/C12H18N4O2S2/c1-9-11(7-16(3)15-9)6-14-20(17,18)12-4-10(5-13-2)8-19-12/h4,7-8,13-14H,5-6H2,1-3H3. The van der Waals surface area contributed by atoms with Gasteiger partial charge in [-0.3, -0.25) is 4.68 Å². The van der Waals surface area contributed by atoms with E-state index in [0.717, 1.165) is 16.8 Å². The van der Waals surface area contributed by atoms with Gasteiger partial charge < -0.3 is 5.32 Å². The van der Waals surface area contributed by atoms with E-state index in [2.05, 4.69) is 15.1 Å². The molecule has 0 atom stereocenters. The van der Waals surface area contributed by atoms with Crippen molar-refractivity contribution < 1.29 is 8.42 Å². The molecule has 0 spiro atoms. The minimum absolute atomic E-state index is 0.251. The van der Waals surface area contributed by atoms with E-state index in [-0.39, 0.29) is 6.54 Å². The van der Waals surface area contributed by atoms with Gasteiger partial charge in [0.05, 0.1) is 5.69 Å². The van der Waals surface area contributed by atoms with Crippen LogP contribution in [0.25, 0.3) is 0 Å². The summed E-state index contributed by atoms with van der Waals surface area (Å²) in [5, 5.41) is 9.03. The lowest BCUT2D eigenvalue weighted by molar-refractivity contribution is 0.583. The smallest absolute Gasteiger partial charge is 0.250 e. The first kappa shape index (κ1) is 15.2. The Kier molecular flexibility index (Phi) is 4.59. The normalized spacial score (nSPS) is 11.9. The van der Waals surface area contributed by atoms with Gasteiger partial charge in [-0.05, 0) is 31.0 Å². The fraction of sp³-hybridized carbons (Fsp3) is 0.417. The summed E-state index contributed by atoms with van der Waals surface area (Å²) in [6.45, 7) is 2.77. The van der Waals surface area contributed by atoms with Crippen molar-refractivity contribution in [2.24, 2.45) is 7.05 Å². The average molecular weight is 314 g/mol. The van der Waals surface area contributed by atoms with E-state index in [1.54, 1.807) is 10.7 Å². The summed E-state index contributed by atoms with van der Waals surface area (Å²) >= 11 is 1.23. The lowest BCUT2D eigenvalue weighted by Crippen LogP contribution is -2.22. The molecule has 0 aromatic carbocycles. The summed E-state index contributed by atoms with van der Waals surface area (Å²) in [5.41, 5.74) is 2.68. The largest absolute Gasteiger partial charge is 0.316 e. The summed E-state index contributed by atoms with van der Waals surface area (Å²) in [7, 11) is 0.183. The number of rotatable bonds is 6. The number of nitrogens with zero attached hydrogens (tertiary/aromatic N) is 2. The van der Waals surface area contributed by atoms with Crippen LogP contribution in [-0.4, -0.2) is 25.2 Å². The fourth-order valence-corrected chi connectivity index (χ4v) is 4.12. The molecule has 0 saturated carbocycles. The molecule has 0 fully saturated rings. The van der Waals surface area contributed by atoms with Crippen molar-refractivity contribution >= 4 is 21.4 Å². The van der Waals surface area contributed by atoms with Crippen LogP contribution in [-0.2, 0) is 30.2 Å². The predicted molar refractivity (Wildman–Crippen MR) is 79.1 cm³/mol. The summed E-state index contributed by atoms with van der Waals surface area (Å²) in [6.07, 6.45) is 1.82. The Morgan fingerprint density at radius 1 is 1.40 bits per heavy atom. The van der Waals surface area contributed by atoms with Crippen LogP contribution in [0.15, 0.2) is 21.9 Å². The van der Waals surface area contributed by atoms with Crippen LogP contribution < -0.4 is 10.0 Å². The first-order valence-corrected chi connectivity index (χ1v) is 8.49. The van der Waals surface area contributed by atoms with Crippen molar-refractivity contribution in [2.75, 3.05) is 7.05 Å². The van der Waals surface area contributed by atoms with Crippen molar-refractivity contribution in [1.82, 2.24) is 19.8 Å². The van der Waals surface area contributed by atoms with E-state index in [1.807, 2.05) is 32.6 Å². The third kappa shape index (κ3) is 3.45. The van der Waals surface area contributed by atoms with Crippen LogP contribution in [0.4, 0.5) is 0 Å². The molecule has 2 heterocycles. The molecule has 2 aromatic rings. The molecule has 0 aliphatic heterocycles. The highest BCUT2D eigenvalue weighted by molar-refractivity contribution is 7.91. The van der Waals surface area contributed by atoms with Gasteiger partial charge in [0, 0.05) is 31.9 Å². The zero-order valence-corrected chi connectivity index (χ0v) is 13.3. The highest BCUT2D eigenvalue weighted by Gasteiger charge is 2.17. The fourth-order valence-electron chi connectivity index (χ4n) is 1.86. The molecule has 0 saturated heterocycles. The Bertz CT molecular complexity index is 688. The predicted octanol–water partition coefficient (Wildman–Crippen LogP) is 0.988. The lowest BCUT2D eigenvalue weighted by atomic mass is 10.3.